The van der Waals surface area contributed by atoms with Gasteiger partial charge in [-0.2, -0.15) is 0 Å². The van der Waals surface area contributed by atoms with Gasteiger partial charge in [-0.25, -0.2) is 4.39 Å². The lowest BCUT2D eigenvalue weighted by molar-refractivity contribution is -0.139. The van der Waals surface area contributed by atoms with E-state index in [1.807, 2.05) is 35.2 Å². The summed E-state index contributed by atoms with van der Waals surface area (Å²) in [6.45, 7) is 0.663. The Labute approximate surface area is 182 Å². The van der Waals surface area contributed by atoms with Crippen molar-refractivity contribution in [2.45, 2.75) is 44.2 Å². The zero-order chi connectivity index (χ0) is 21.8. The molecule has 2 aromatic carbocycles. The molecule has 5 nitrogen and oxygen atoms in total. The molecule has 1 aliphatic carbocycles. The Bertz CT molecular complexity index is 944. The number of halogens is 1. The van der Waals surface area contributed by atoms with Crippen molar-refractivity contribution >= 4 is 11.8 Å². The van der Waals surface area contributed by atoms with Crippen LogP contribution in [0, 0.1) is 11.7 Å². The third-order valence-electron chi connectivity index (χ3n) is 6.43. The molecule has 0 spiro atoms. The van der Waals surface area contributed by atoms with Crippen molar-refractivity contribution in [2.24, 2.45) is 5.92 Å². The number of rotatable bonds is 7. The number of ether oxygens (including phenoxy) is 1. The van der Waals surface area contributed by atoms with Crippen LogP contribution in [0.3, 0.4) is 0 Å². The first-order valence-corrected chi connectivity index (χ1v) is 11.0. The number of methoxy groups -OCH3 is 1. The van der Waals surface area contributed by atoms with Crippen LogP contribution < -0.4 is 5.32 Å². The zero-order valence-corrected chi connectivity index (χ0v) is 17.9. The van der Waals surface area contributed by atoms with Crippen molar-refractivity contribution in [3.8, 4) is 11.1 Å². The second-order valence-corrected chi connectivity index (χ2v) is 8.54. The van der Waals surface area contributed by atoms with E-state index in [-0.39, 0.29) is 42.2 Å². The normalized spacial score (nSPS) is 21.0. The van der Waals surface area contributed by atoms with E-state index in [4.69, 9.17) is 4.74 Å². The molecule has 1 saturated carbocycles. The van der Waals surface area contributed by atoms with Gasteiger partial charge >= 0.3 is 0 Å². The molecule has 2 atom stereocenters. The molecule has 164 valence electrons. The van der Waals surface area contributed by atoms with Gasteiger partial charge in [0.2, 0.25) is 11.8 Å². The quantitative estimate of drug-likeness (QED) is 0.739. The molecule has 2 unspecified atom stereocenters. The van der Waals surface area contributed by atoms with Crippen molar-refractivity contribution in [3.63, 3.8) is 0 Å². The first kappa shape index (κ1) is 21.5. The van der Waals surface area contributed by atoms with Crippen LogP contribution >= 0.6 is 0 Å². The van der Waals surface area contributed by atoms with Crippen molar-refractivity contribution in [2.75, 3.05) is 20.3 Å². The van der Waals surface area contributed by atoms with Crippen LogP contribution in [0.2, 0.25) is 0 Å². The fraction of sp³-hybridized carbons (Fsp3) is 0.440. The number of hydrogen-bond donors (Lipinski definition) is 1. The molecule has 6 heteroatoms. The molecule has 2 aliphatic rings. The smallest absolute Gasteiger partial charge is 0.246 e. The summed E-state index contributed by atoms with van der Waals surface area (Å²) in [4.78, 5) is 27.2. The number of nitrogens with one attached hydrogen (secondary N) is 1. The van der Waals surface area contributed by atoms with E-state index in [2.05, 4.69) is 5.32 Å². The molecule has 1 N–H and O–H groups in total. The van der Waals surface area contributed by atoms with Gasteiger partial charge in [0.1, 0.15) is 12.4 Å². The van der Waals surface area contributed by atoms with Crippen LogP contribution in [0.5, 0.6) is 0 Å². The molecule has 31 heavy (non-hydrogen) atoms. The molecule has 2 amide bonds. The van der Waals surface area contributed by atoms with Gasteiger partial charge in [-0.15, -0.1) is 0 Å². The molecular formula is C25H29FN2O3. The lowest BCUT2D eigenvalue weighted by atomic mass is 9.84. The monoisotopic (exact) mass is 424 g/mol. The van der Waals surface area contributed by atoms with E-state index in [0.29, 0.717) is 13.0 Å². The molecule has 2 aromatic rings. The minimum atomic E-state index is -0.267. The Balaban J connectivity index is 1.56. The van der Waals surface area contributed by atoms with E-state index in [1.54, 1.807) is 6.07 Å². The van der Waals surface area contributed by atoms with Crippen LogP contribution in [-0.4, -0.2) is 49.1 Å². The number of amides is 2. The summed E-state index contributed by atoms with van der Waals surface area (Å²) < 4.78 is 18.6. The number of carbonyl (C=O) groups is 2. The fourth-order valence-electron chi connectivity index (χ4n) is 4.60. The number of benzene rings is 2. The third kappa shape index (κ3) is 4.96. The average Bonchev–Trinajstić information content (AvgIpc) is 3.09. The number of hydrogen-bond acceptors (Lipinski definition) is 3. The SMILES string of the molecule is COCC(=O)NC1CCN(C(=O)C2CCC2)C1Cc1cccc(-c2cccc(F)c2)c1. The van der Waals surface area contributed by atoms with Gasteiger partial charge in [0.05, 0.1) is 12.1 Å². The Morgan fingerprint density at radius 3 is 2.52 bits per heavy atom. The second kappa shape index (κ2) is 9.60. The number of carbonyl (C=O) groups excluding carboxylic acids is 2. The lowest BCUT2D eigenvalue weighted by Crippen LogP contribution is -2.50. The molecule has 0 radical (unpaired) electrons. The minimum Gasteiger partial charge on any atom is -0.375 e. The molecule has 0 aromatic heterocycles. The molecule has 1 heterocycles. The van der Waals surface area contributed by atoms with Gasteiger partial charge in [0.25, 0.3) is 0 Å². The zero-order valence-electron chi connectivity index (χ0n) is 17.9. The second-order valence-electron chi connectivity index (χ2n) is 8.54. The van der Waals surface area contributed by atoms with E-state index in [9.17, 15) is 14.0 Å². The van der Waals surface area contributed by atoms with Crippen molar-refractivity contribution in [3.05, 3.63) is 59.9 Å². The predicted octanol–water partition coefficient (Wildman–Crippen LogP) is 3.57. The first-order valence-electron chi connectivity index (χ1n) is 11.0. The number of likely N-dealkylation sites (tertiary alicyclic amines) is 1. The highest BCUT2D eigenvalue weighted by atomic mass is 19.1. The van der Waals surface area contributed by atoms with Crippen molar-refractivity contribution in [1.29, 1.82) is 0 Å². The van der Waals surface area contributed by atoms with Gasteiger partial charge in [-0.3, -0.25) is 9.59 Å². The maximum atomic E-state index is 13.7. The Kier molecular flexibility index (Phi) is 6.66. The van der Waals surface area contributed by atoms with Gasteiger partial charge < -0.3 is 15.0 Å². The summed E-state index contributed by atoms with van der Waals surface area (Å²) in [7, 11) is 1.50. The Morgan fingerprint density at radius 1 is 1.10 bits per heavy atom. The molecule has 1 saturated heterocycles. The highest BCUT2D eigenvalue weighted by Gasteiger charge is 2.41. The van der Waals surface area contributed by atoms with Gasteiger partial charge in [-0.1, -0.05) is 42.8 Å². The largest absolute Gasteiger partial charge is 0.375 e. The summed E-state index contributed by atoms with van der Waals surface area (Å²) in [6.07, 6.45) is 4.40. The summed E-state index contributed by atoms with van der Waals surface area (Å²) in [5.41, 5.74) is 2.82. The third-order valence-corrected chi connectivity index (χ3v) is 6.43. The highest BCUT2D eigenvalue weighted by Crippen LogP contribution is 2.33. The van der Waals surface area contributed by atoms with E-state index < -0.39 is 0 Å². The Morgan fingerprint density at radius 2 is 1.84 bits per heavy atom. The maximum absolute atomic E-state index is 13.7. The minimum absolute atomic E-state index is 0.00878. The van der Waals surface area contributed by atoms with Crippen LogP contribution in [0.15, 0.2) is 48.5 Å². The van der Waals surface area contributed by atoms with E-state index in [1.165, 1.54) is 19.2 Å². The van der Waals surface area contributed by atoms with Crippen molar-refractivity contribution < 1.29 is 18.7 Å². The molecule has 1 aliphatic heterocycles. The first-order chi connectivity index (χ1) is 15.0. The van der Waals surface area contributed by atoms with Crippen molar-refractivity contribution in [1.82, 2.24) is 10.2 Å². The predicted molar refractivity (Wildman–Crippen MR) is 117 cm³/mol. The standard InChI is InChI=1S/C25H29FN2O3/c1-31-16-24(29)27-22-11-12-28(25(30)18-6-3-7-18)23(22)14-17-5-2-8-19(13-17)20-9-4-10-21(26)15-20/h2,4-5,8-10,13,15,18,22-23H,3,6-7,11-12,14,16H2,1H3,(H,27,29). The summed E-state index contributed by atoms with van der Waals surface area (Å²) in [5.74, 6) is -0.101. The highest BCUT2D eigenvalue weighted by molar-refractivity contribution is 5.81. The topological polar surface area (TPSA) is 58.6 Å². The summed E-state index contributed by atoms with van der Waals surface area (Å²) in [5, 5.41) is 3.06. The summed E-state index contributed by atoms with van der Waals surface area (Å²) >= 11 is 0. The van der Waals surface area contributed by atoms with E-state index >= 15 is 0 Å². The Hall–Kier alpha value is -2.73. The van der Waals surface area contributed by atoms with Crippen LogP contribution in [0.1, 0.15) is 31.2 Å². The lowest BCUT2D eigenvalue weighted by Gasteiger charge is -2.34. The molecular weight excluding hydrogens is 395 g/mol. The van der Waals surface area contributed by atoms with Crippen LogP contribution in [0.4, 0.5) is 4.39 Å². The summed E-state index contributed by atoms with van der Waals surface area (Å²) in [6, 6.07) is 14.3. The van der Waals surface area contributed by atoms with Gasteiger partial charge in [-0.05, 0) is 54.5 Å². The van der Waals surface area contributed by atoms with Crippen LogP contribution in [-0.2, 0) is 20.7 Å². The van der Waals surface area contributed by atoms with Gasteiger partial charge in [0, 0.05) is 19.6 Å². The van der Waals surface area contributed by atoms with Gasteiger partial charge in [0.15, 0.2) is 0 Å². The molecule has 0 bridgehead atoms. The van der Waals surface area contributed by atoms with Crippen LogP contribution in [0.25, 0.3) is 11.1 Å². The average molecular weight is 425 g/mol. The van der Waals surface area contributed by atoms with E-state index in [0.717, 1.165) is 42.4 Å². The fourth-order valence-corrected chi connectivity index (χ4v) is 4.60. The molecule has 2 fully saturated rings. The molecule has 4 rings (SSSR count). The number of nitrogens with zero attached hydrogens (tertiary/aromatic N) is 1. The maximum Gasteiger partial charge on any atom is 0.246 e.